The summed E-state index contributed by atoms with van der Waals surface area (Å²) in [5.74, 6) is 0. The van der Waals surface area contributed by atoms with E-state index in [1.807, 2.05) is 0 Å². The van der Waals surface area contributed by atoms with Crippen molar-refractivity contribution < 1.29 is 6.51 Å². The van der Waals surface area contributed by atoms with E-state index in [4.69, 9.17) is 0 Å². The first-order chi connectivity index (χ1) is 18.1. The van der Waals surface area contributed by atoms with Gasteiger partial charge in [0.2, 0.25) is 0 Å². The van der Waals surface area contributed by atoms with Crippen molar-refractivity contribution >= 4 is 15.8 Å². The summed E-state index contributed by atoms with van der Waals surface area (Å²) in [5, 5.41) is 0. The van der Waals surface area contributed by atoms with Gasteiger partial charge in [-0.05, 0) is 0 Å². The molecular weight excluding hydrogens is 526 g/mol. The number of hydrogen-bond acceptors (Lipinski definition) is 0. The Labute approximate surface area is 219 Å². The van der Waals surface area contributed by atoms with Crippen LogP contribution in [0.5, 0.6) is 0 Å². The van der Waals surface area contributed by atoms with Crippen molar-refractivity contribution in [2.24, 2.45) is 0 Å². The molecule has 4 saturated carbocycles. The van der Waals surface area contributed by atoms with Crippen molar-refractivity contribution in [1.29, 1.82) is 0 Å². The molecule has 0 aromatic carbocycles. The second kappa shape index (κ2) is 3.41. The molecular formula is C34H52FeP2. The molecule has 14 fully saturated rings. The Hall–Kier alpha value is 1.38. The van der Waals surface area contributed by atoms with E-state index in [1.165, 1.54) is 30.7 Å². The topological polar surface area (TPSA) is 0 Å². The van der Waals surface area contributed by atoms with Crippen LogP contribution in [-0.2, 0) is 6.51 Å². The van der Waals surface area contributed by atoms with Crippen LogP contribution in [0.2, 0.25) is 38.5 Å². The van der Waals surface area contributed by atoms with Crippen molar-refractivity contribution in [3.8, 4) is 0 Å². The van der Waals surface area contributed by atoms with Gasteiger partial charge in [-0.25, -0.2) is 0 Å². The van der Waals surface area contributed by atoms with Gasteiger partial charge in [0.25, 0.3) is 0 Å². The Morgan fingerprint density at radius 3 is 0.811 bits per heavy atom. The first-order valence-electron chi connectivity index (χ1n) is 17.9. The van der Waals surface area contributed by atoms with Crippen molar-refractivity contribution in [1.82, 2.24) is 0 Å². The Bertz CT molecular complexity index is 1350. The quantitative estimate of drug-likeness (QED) is 0.217. The van der Waals surface area contributed by atoms with Crippen molar-refractivity contribution in [2.45, 2.75) is 198 Å². The molecule has 1 spiro atoms. The molecule has 0 bridgehead atoms. The molecule has 14 aliphatic rings. The zero-order valence-electron chi connectivity index (χ0n) is 23.3. The molecule has 4 aliphatic carbocycles. The molecule has 14 rings (SSSR count). The molecule has 0 aromatic heterocycles. The molecule has 206 valence electrons. The van der Waals surface area contributed by atoms with Crippen LogP contribution in [0.1, 0.15) is 128 Å². The van der Waals surface area contributed by atoms with Crippen LogP contribution >= 0.6 is 15.8 Å². The summed E-state index contributed by atoms with van der Waals surface area (Å²) in [6.45, 7) is -3.42. The molecule has 37 heavy (non-hydrogen) atoms. The average Bonchev–Trinajstić information content (AvgIpc) is 3.92. The first-order valence-corrected chi connectivity index (χ1v) is 27.1. The molecule has 0 amide bonds. The summed E-state index contributed by atoms with van der Waals surface area (Å²) in [6, 6.07) is 0. The summed E-state index contributed by atoms with van der Waals surface area (Å²) in [7, 11) is 0.809. The summed E-state index contributed by atoms with van der Waals surface area (Å²) in [4.78, 5) is 12.6. The third-order valence-electron chi connectivity index (χ3n) is 23.3. The number of hydrogen-bond donors (Lipinski definition) is 0. The van der Waals surface area contributed by atoms with Crippen molar-refractivity contribution in [3.05, 3.63) is 0 Å². The Kier molecular flexibility index (Phi) is 1.87. The van der Waals surface area contributed by atoms with E-state index in [1.54, 1.807) is 167 Å². The van der Waals surface area contributed by atoms with Gasteiger partial charge in [0.05, 0.1) is 0 Å². The molecule has 10 heterocycles. The van der Waals surface area contributed by atoms with E-state index < -0.39 is 6.51 Å². The maximum absolute atomic E-state index is 3.42. The van der Waals surface area contributed by atoms with Crippen LogP contribution in [0.15, 0.2) is 0 Å². The van der Waals surface area contributed by atoms with Gasteiger partial charge in [-0.3, -0.25) is 0 Å². The summed E-state index contributed by atoms with van der Waals surface area (Å²) < 4.78 is 2.50. The third-order valence-corrected chi connectivity index (χ3v) is 82.4. The van der Waals surface area contributed by atoms with Crippen molar-refractivity contribution in [2.75, 3.05) is 0 Å². The molecule has 0 aromatic rings. The molecule has 10 saturated heterocycles. The van der Waals surface area contributed by atoms with Crippen LogP contribution in [0.4, 0.5) is 0 Å². The molecule has 8 unspecified atom stereocenters. The predicted octanol–water partition coefficient (Wildman–Crippen LogP) is 11.5. The molecule has 0 N–H and O–H groups in total. The van der Waals surface area contributed by atoms with E-state index in [0.29, 0.717) is 15.8 Å². The normalized spacial score (nSPS) is 75.6. The fraction of sp³-hybridized carbons (Fsp3) is 1.00. The van der Waals surface area contributed by atoms with Gasteiger partial charge in [-0.2, -0.15) is 0 Å². The fourth-order valence-corrected chi connectivity index (χ4v) is 135. The second-order valence-electron chi connectivity index (χ2n) is 19.7. The van der Waals surface area contributed by atoms with Gasteiger partial charge >= 0.3 is 220 Å². The molecule has 0 nitrogen and oxygen atoms in total. The van der Waals surface area contributed by atoms with Gasteiger partial charge in [0, 0.05) is 0 Å². The number of rotatable bonds is 6. The minimum atomic E-state index is -3.42. The zero-order chi connectivity index (χ0) is 23.5. The maximum atomic E-state index is 1.72. The van der Waals surface area contributed by atoms with E-state index in [9.17, 15) is 0 Å². The Morgan fingerprint density at radius 2 is 0.595 bits per heavy atom. The zero-order valence-corrected chi connectivity index (χ0v) is 26.2. The average molecular weight is 579 g/mol. The van der Waals surface area contributed by atoms with Gasteiger partial charge in [-0.15, -0.1) is 0 Å². The van der Waals surface area contributed by atoms with Crippen LogP contribution < -0.4 is 0 Å². The van der Waals surface area contributed by atoms with Crippen LogP contribution in [0.3, 0.4) is 0 Å². The van der Waals surface area contributed by atoms with Crippen molar-refractivity contribution in [3.63, 3.8) is 0 Å². The monoisotopic (exact) mass is 578 g/mol. The number of fused-ring (bicyclic) bond motifs is 10. The standard InChI is InChI=1S/2C17H26P.Fe/c2*1-3-9-15(10-4-1)18(17-13-7-8-14-17)16-11-5-2-6-12-16;/h2*7-8,13-16H,1-6,9-12H2;. The van der Waals surface area contributed by atoms with Crippen LogP contribution in [-0.4, -0.2) is 30.7 Å². The summed E-state index contributed by atoms with van der Waals surface area (Å²) in [6.07, 6.45) is 33.3. The van der Waals surface area contributed by atoms with Gasteiger partial charge in [0.15, 0.2) is 0 Å². The second-order valence-corrected chi connectivity index (χ2v) is 49.7. The first kappa shape index (κ1) is 20.3. The van der Waals surface area contributed by atoms with Crippen LogP contribution in [0.25, 0.3) is 0 Å². The van der Waals surface area contributed by atoms with E-state index in [0.717, 1.165) is 0 Å². The molecule has 10 aliphatic heterocycles. The Balaban J connectivity index is 1.01. The SMILES string of the molecule is C1CCC(P(C2CCCCC2)[C]23[CH]4[CH]5[CH]6[CH]2[Fe]56432789[CH]3[CH]2[CH]7[C]8(P(C2CCCCC2)C2CCCCC2)[CH]39)CC1. The predicted molar refractivity (Wildman–Crippen MR) is 157 cm³/mol. The summed E-state index contributed by atoms with van der Waals surface area (Å²) in [5.41, 5.74) is 5.16. The fourth-order valence-electron chi connectivity index (χ4n) is 24.9. The van der Waals surface area contributed by atoms with Crippen LogP contribution in [0, 0.1) is 0 Å². The van der Waals surface area contributed by atoms with Gasteiger partial charge < -0.3 is 0 Å². The third kappa shape index (κ3) is 0.567. The minimum absolute atomic E-state index is 0.404. The Morgan fingerprint density at radius 1 is 0.351 bits per heavy atom. The van der Waals surface area contributed by atoms with E-state index in [2.05, 4.69) is 0 Å². The van der Waals surface area contributed by atoms with Gasteiger partial charge in [-0.1, -0.05) is 0 Å². The van der Waals surface area contributed by atoms with Gasteiger partial charge in [0.1, 0.15) is 0 Å². The van der Waals surface area contributed by atoms with E-state index in [-0.39, 0.29) is 0 Å². The molecule has 8 atom stereocenters. The summed E-state index contributed by atoms with van der Waals surface area (Å²) >= 11 is 0. The molecule has 3 heteroatoms. The van der Waals surface area contributed by atoms with E-state index >= 15 is 0 Å². The molecule has 0 radical (unpaired) electrons.